The molecule has 2 aromatic carbocycles. The van der Waals surface area contributed by atoms with E-state index in [1.807, 2.05) is 26.0 Å². The molecule has 1 aliphatic heterocycles. The number of aromatic nitrogens is 1. The van der Waals surface area contributed by atoms with Crippen LogP contribution in [0.4, 0.5) is 11.4 Å². The summed E-state index contributed by atoms with van der Waals surface area (Å²) in [6.07, 6.45) is 1.69. The van der Waals surface area contributed by atoms with E-state index in [1.54, 1.807) is 37.4 Å². The van der Waals surface area contributed by atoms with Gasteiger partial charge >= 0.3 is 0 Å². The maximum absolute atomic E-state index is 14.2. The van der Waals surface area contributed by atoms with E-state index in [0.717, 1.165) is 35.5 Å². The van der Waals surface area contributed by atoms with Crippen LogP contribution in [0.3, 0.4) is 0 Å². The summed E-state index contributed by atoms with van der Waals surface area (Å²) in [5.74, 6) is -1.20. The molecule has 5 N–H and O–H groups in total. The second-order valence-corrected chi connectivity index (χ2v) is 9.86. The fourth-order valence-electron chi connectivity index (χ4n) is 4.42. The van der Waals surface area contributed by atoms with E-state index in [2.05, 4.69) is 9.69 Å². The van der Waals surface area contributed by atoms with E-state index < -0.39 is 23.8 Å². The van der Waals surface area contributed by atoms with Gasteiger partial charge in [0, 0.05) is 18.8 Å². The zero-order chi connectivity index (χ0) is 27.4. The lowest BCUT2D eigenvalue weighted by Gasteiger charge is -2.33. The number of amides is 3. The number of nitrogen functional groups attached to an aromatic ring is 1. The van der Waals surface area contributed by atoms with Crippen LogP contribution in [0, 0.1) is 13.8 Å². The fraction of sp³-hybridized carbons (Fsp3) is 0.333. The van der Waals surface area contributed by atoms with E-state index in [-0.39, 0.29) is 22.4 Å². The van der Waals surface area contributed by atoms with Gasteiger partial charge in [0.1, 0.15) is 16.7 Å². The van der Waals surface area contributed by atoms with Crippen molar-refractivity contribution in [1.29, 1.82) is 0 Å². The summed E-state index contributed by atoms with van der Waals surface area (Å²) in [4.78, 5) is 41.3. The monoisotopic (exact) mass is 537 g/mol. The van der Waals surface area contributed by atoms with Gasteiger partial charge in [-0.2, -0.15) is 4.37 Å². The molecule has 0 unspecified atom stereocenters. The topological polar surface area (TPSA) is 150 Å². The number of hydrogen-bond acceptors (Lipinski definition) is 8. The molecule has 38 heavy (non-hydrogen) atoms. The molecule has 0 aliphatic carbocycles. The van der Waals surface area contributed by atoms with Crippen molar-refractivity contribution in [1.82, 2.24) is 9.69 Å². The maximum Gasteiger partial charge on any atom is 0.273 e. The van der Waals surface area contributed by atoms with Crippen molar-refractivity contribution in [3.05, 3.63) is 69.7 Å². The van der Waals surface area contributed by atoms with Crippen molar-refractivity contribution in [2.75, 3.05) is 30.9 Å². The first-order valence-corrected chi connectivity index (χ1v) is 13.0. The third-order valence-corrected chi connectivity index (χ3v) is 7.53. The van der Waals surface area contributed by atoms with Crippen molar-refractivity contribution in [3.63, 3.8) is 0 Å². The average Bonchev–Trinajstić information content (AvgIpc) is 3.57. The Morgan fingerprint density at radius 2 is 1.95 bits per heavy atom. The second kappa shape index (κ2) is 11.6. The highest BCUT2D eigenvalue weighted by atomic mass is 32.1. The van der Waals surface area contributed by atoms with Gasteiger partial charge in [-0.25, -0.2) is 0 Å². The quantitative estimate of drug-likeness (QED) is 0.379. The van der Waals surface area contributed by atoms with Crippen molar-refractivity contribution >= 4 is 40.6 Å². The molecular weight excluding hydrogens is 506 g/mol. The number of primary amides is 1. The van der Waals surface area contributed by atoms with Crippen LogP contribution in [0.5, 0.6) is 5.75 Å². The second-order valence-electron chi connectivity index (χ2n) is 9.09. The third kappa shape index (κ3) is 5.48. The zero-order valence-electron chi connectivity index (χ0n) is 21.5. The first kappa shape index (κ1) is 27.1. The van der Waals surface area contributed by atoms with Gasteiger partial charge in [0.2, 0.25) is 5.91 Å². The Kier molecular flexibility index (Phi) is 8.28. The summed E-state index contributed by atoms with van der Waals surface area (Å²) in [6, 6.07) is 11.4. The highest BCUT2D eigenvalue weighted by Crippen LogP contribution is 2.36. The summed E-state index contributed by atoms with van der Waals surface area (Å²) in [6.45, 7) is 4.77. The van der Waals surface area contributed by atoms with Gasteiger partial charge in [0.25, 0.3) is 11.8 Å². The van der Waals surface area contributed by atoms with Crippen LogP contribution >= 0.6 is 11.5 Å². The van der Waals surface area contributed by atoms with Crippen LogP contribution in [0.25, 0.3) is 0 Å². The van der Waals surface area contributed by atoms with Crippen LogP contribution in [0.15, 0.2) is 42.5 Å². The first-order chi connectivity index (χ1) is 18.2. The number of nitrogens with zero attached hydrogens (tertiary/aromatic N) is 2. The normalized spacial score (nSPS) is 15.6. The van der Waals surface area contributed by atoms with E-state index in [1.165, 1.54) is 4.90 Å². The average molecular weight is 538 g/mol. The van der Waals surface area contributed by atoms with Crippen LogP contribution in [-0.4, -0.2) is 48.5 Å². The van der Waals surface area contributed by atoms with Gasteiger partial charge in [-0.15, -0.1) is 0 Å². The van der Waals surface area contributed by atoms with Crippen LogP contribution in [0.1, 0.15) is 55.7 Å². The molecule has 4 rings (SSSR count). The minimum Gasteiger partial charge on any atom is -0.497 e. The van der Waals surface area contributed by atoms with Crippen molar-refractivity contribution in [2.45, 2.75) is 38.8 Å². The number of rotatable bonds is 9. The van der Waals surface area contributed by atoms with Gasteiger partial charge in [-0.05, 0) is 73.1 Å². The summed E-state index contributed by atoms with van der Waals surface area (Å²) < 4.78 is 15.0. The van der Waals surface area contributed by atoms with Crippen molar-refractivity contribution in [3.8, 4) is 5.75 Å². The van der Waals surface area contributed by atoms with Gasteiger partial charge in [0.15, 0.2) is 5.69 Å². The van der Waals surface area contributed by atoms with Crippen LogP contribution in [-0.2, 0) is 9.53 Å². The predicted octanol–water partition coefficient (Wildman–Crippen LogP) is 3.13. The van der Waals surface area contributed by atoms with E-state index in [9.17, 15) is 14.4 Å². The Morgan fingerprint density at radius 3 is 2.55 bits per heavy atom. The molecule has 0 saturated carbocycles. The van der Waals surface area contributed by atoms with E-state index in [4.69, 9.17) is 20.9 Å². The number of nitrogens with two attached hydrogens (primary N) is 2. The molecule has 1 saturated heterocycles. The van der Waals surface area contributed by atoms with Crippen molar-refractivity contribution in [2.24, 2.45) is 5.73 Å². The van der Waals surface area contributed by atoms with Gasteiger partial charge in [0.05, 0.1) is 18.9 Å². The van der Waals surface area contributed by atoms with E-state index in [0.29, 0.717) is 30.2 Å². The molecule has 1 aromatic heterocycles. The lowest BCUT2D eigenvalue weighted by Crippen LogP contribution is -2.46. The number of carbonyl (C=O) groups excluding carboxylic acids is 3. The summed E-state index contributed by atoms with van der Waals surface area (Å²) >= 11 is 0.771. The van der Waals surface area contributed by atoms with Gasteiger partial charge < -0.3 is 26.3 Å². The zero-order valence-corrected chi connectivity index (χ0v) is 22.3. The number of carbonyl (C=O) groups is 3. The summed E-state index contributed by atoms with van der Waals surface area (Å²) in [5.41, 5.74) is 14.1. The highest BCUT2D eigenvalue weighted by Gasteiger charge is 2.37. The van der Waals surface area contributed by atoms with E-state index >= 15 is 0 Å². The molecule has 2 atom stereocenters. The lowest BCUT2D eigenvalue weighted by atomic mass is 9.99. The number of aryl methyl sites for hydroxylation is 1. The Balaban J connectivity index is 1.85. The fourth-order valence-corrected chi connectivity index (χ4v) is 5.16. The number of ether oxygens (including phenoxy) is 2. The van der Waals surface area contributed by atoms with Gasteiger partial charge in [-0.3, -0.25) is 19.3 Å². The van der Waals surface area contributed by atoms with Gasteiger partial charge in [-0.1, -0.05) is 24.3 Å². The number of benzene rings is 2. The van der Waals surface area contributed by atoms with Crippen LogP contribution in [0.2, 0.25) is 0 Å². The number of anilines is 2. The van der Waals surface area contributed by atoms with Crippen molar-refractivity contribution < 1.29 is 23.9 Å². The maximum atomic E-state index is 14.2. The summed E-state index contributed by atoms with van der Waals surface area (Å²) in [5, 5.41) is 2.97. The molecule has 0 bridgehead atoms. The van der Waals surface area contributed by atoms with Crippen LogP contribution < -0.4 is 26.4 Å². The number of hydrogen-bond donors (Lipinski definition) is 3. The third-order valence-electron chi connectivity index (χ3n) is 6.68. The molecule has 1 aliphatic rings. The predicted molar refractivity (Wildman–Crippen MR) is 145 cm³/mol. The molecule has 10 nitrogen and oxygen atoms in total. The molecule has 11 heteroatoms. The minimum atomic E-state index is -1.08. The molecule has 1 fully saturated rings. The molecular formula is C27H31N5O5S. The standard InChI is InChI=1S/C27H31N5O5S/c1-15-6-4-8-20(16(15)2)32(27(35)24-21(28)22(25(29)33)31-38-24)23(17-9-11-18(36-3)12-10-17)26(34)30-14-19-7-5-13-37-19/h4,6,8-12,19,23H,5,7,13-14,28H2,1-3H3,(H2,29,33)(H,30,34)/t19-,23+/m1/s1. The molecule has 3 aromatic rings. The largest absolute Gasteiger partial charge is 0.497 e. The minimum absolute atomic E-state index is 0.0187. The summed E-state index contributed by atoms with van der Waals surface area (Å²) in [7, 11) is 1.55. The smallest absolute Gasteiger partial charge is 0.273 e. The Hall–Kier alpha value is -3.96. The lowest BCUT2D eigenvalue weighted by molar-refractivity contribution is -0.123. The molecule has 3 amide bonds. The Labute approximate surface area is 225 Å². The highest BCUT2D eigenvalue weighted by molar-refractivity contribution is 7.09. The number of methoxy groups -OCH3 is 1. The molecule has 2 heterocycles. The molecule has 200 valence electrons. The SMILES string of the molecule is COc1ccc([C@@H](C(=O)NC[C@H]2CCCO2)N(C(=O)c2snc(C(N)=O)c2N)c2cccc(C)c2C)cc1. The Morgan fingerprint density at radius 1 is 1.21 bits per heavy atom. The molecule has 0 spiro atoms. The number of nitrogens with one attached hydrogen (secondary N) is 1. The first-order valence-electron chi connectivity index (χ1n) is 12.2. The Bertz CT molecular complexity index is 1330. The molecule has 0 radical (unpaired) electrons.